The van der Waals surface area contributed by atoms with E-state index in [4.69, 9.17) is 4.74 Å². The van der Waals surface area contributed by atoms with Gasteiger partial charge in [0.15, 0.2) is 5.78 Å². The molecular formula is C16H26N2O2+2. The van der Waals surface area contributed by atoms with Gasteiger partial charge in [0.2, 0.25) is 0 Å². The van der Waals surface area contributed by atoms with Gasteiger partial charge in [-0.05, 0) is 12.1 Å². The maximum absolute atomic E-state index is 11.8. The molecule has 0 saturated carbocycles. The van der Waals surface area contributed by atoms with Gasteiger partial charge in [-0.25, -0.2) is 0 Å². The summed E-state index contributed by atoms with van der Waals surface area (Å²) in [7, 11) is 2.25. The summed E-state index contributed by atoms with van der Waals surface area (Å²) in [5.74, 6) is 0.884. The quantitative estimate of drug-likeness (QED) is 0.660. The zero-order chi connectivity index (χ0) is 14.4. The van der Waals surface area contributed by atoms with Crippen LogP contribution in [0.3, 0.4) is 0 Å². The lowest BCUT2D eigenvalue weighted by atomic mass is 10.1. The van der Waals surface area contributed by atoms with Crippen LogP contribution in [0.2, 0.25) is 0 Å². The van der Waals surface area contributed by atoms with Crippen molar-refractivity contribution >= 4 is 5.78 Å². The fourth-order valence-electron chi connectivity index (χ4n) is 2.60. The topological polar surface area (TPSA) is 35.2 Å². The van der Waals surface area contributed by atoms with Gasteiger partial charge in [-0.15, -0.1) is 0 Å². The van der Waals surface area contributed by atoms with E-state index in [1.165, 1.54) is 26.2 Å². The first kappa shape index (κ1) is 15.0. The summed E-state index contributed by atoms with van der Waals surface area (Å²) in [6, 6.07) is 7.57. The number of Topliss-reactive ketones (excluding diaryl/α,β-unsaturated/α-hetero) is 1. The summed E-state index contributed by atoms with van der Waals surface area (Å²) >= 11 is 0. The molecule has 1 aliphatic heterocycles. The average Bonchev–Trinajstić information content (AvgIpc) is 2.49. The van der Waals surface area contributed by atoms with E-state index in [0.717, 1.165) is 12.3 Å². The molecule has 20 heavy (non-hydrogen) atoms. The number of benzene rings is 1. The van der Waals surface area contributed by atoms with Gasteiger partial charge in [0.05, 0.1) is 12.6 Å². The number of hydrogen-bond acceptors (Lipinski definition) is 2. The largest absolute Gasteiger partial charge is 0.487 e. The van der Waals surface area contributed by atoms with Crippen molar-refractivity contribution in [3.63, 3.8) is 0 Å². The van der Waals surface area contributed by atoms with Crippen molar-refractivity contribution in [2.45, 2.75) is 13.3 Å². The molecule has 110 valence electrons. The van der Waals surface area contributed by atoms with E-state index in [0.29, 0.717) is 18.6 Å². The normalized spacial score (nSPS) is 22.5. The third kappa shape index (κ3) is 4.05. The van der Waals surface area contributed by atoms with Crippen molar-refractivity contribution in [1.82, 2.24) is 0 Å². The van der Waals surface area contributed by atoms with Gasteiger partial charge in [0, 0.05) is 6.42 Å². The zero-order valence-electron chi connectivity index (χ0n) is 12.6. The number of hydrogen-bond donors (Lipinski definition) is 2. The lowest BCUT2D eigenvalue weighted by Gasteiger charge is -2.27. The van der Waals surface area contributed by atoms with Crippen molar-refractivity contribution < 1.29 is 19.3 Å². The SMILES string of the molecule is CCC(=O)c1ccccc1OCC[NH+]1CC[NH+](C)CC1. The first-order valence-electron chi connectivity index (χ1n) is 7.60. The van der Waals surface area contributed by atoms with E-state index < -0.39 is 0 Å². The number of nitrogens with one attached hydrogen (secondary N) is 2. The minimum atomic E-state index is 0.149. The fraction of sp³-hybridized carbons (Fsp3) is 0.562. The Labute approximate surface area is 121 Å². The molecule has 1 fully saturated rings. The summed E-state index contributed by atoms with van der Waals surface area (Å²) in [5.41, 5.74) is 0.716. The molecule has 1 heterocycles. The third-order valence-electron chi connectivity index (χ3n) is 4.03. The molecule has 0 unspecified atom stereocenters. The van der Waals surface area contributed by atoms with Crippen molar-refractivity contribution in [3.05, 3.63) is 29.8 Å². The number of quaternary nitrogens is 2. The maximum Gasteiger partial charge on any atom is 0.166 e. The van der Waals surface area contributed by atoms with Crippen LogP contribution < -0.4 is 14.5 Å². The molecule has 1 aromatic rings. The van der Waals surface area contributed by atoms with Crippen molar-refractivity contribution in [2.75, 3.05) is 46.4 Å². The second-order valence-corrected chi connectivity index (χ2v) is 5.58. The van der Waals surface area contributed by atoms with Gasteiger partial charge in [-0.2, -0.15) is 0 Å². The van der Waals surface area contributed by atoms with E-state index in [9.17, 15) is 4.79 Å². The minimum absolute atomic E-state index is 0.149. The molecular weight excluding hydrogens is 252 g/mol. The third-order valence-corrected chi connectivity index (χ3v) is 4.03. The molecule has 0 atom stereocenters. The standard InChI is InChI=1S/C16H24N2O2/c1-3-15(19)14-6-4-5-7-16(14)20-13-12-18-10-8-17(2)9-11-18/h4-7H,3,8-13H2,1-2H3/p+2. The number of likely N-dealkylation sites (N-methyl/N-ethyl adjacent to an activating group) is 1. The highest BCUT2D eigenvalue weighted by atomic mass is 16.5. The zero-order valence-corrected chi connectivity index (χ0v) is 12.6. The molecule has 4 nitrogen and oxygen atoms in total. The van der Waals surface area contributed by atoms with Crippen molar-refractivity contribution in [1.29, 1.82) is 0 Å². The predicted molar refractivity (Wildman–Crippen MR) is 78.7 cm³/mol. The van der Waals surface area contributed by atoms with Gasteiger partial charge in [0.25, 0.3) is 0 Å². The molecule has 1 aliphatic rings. The van der Waals surface area contributed by atoms with Crippen LogP contribution in [0.1, 0.15) is 23.7 Å². The lowest BCUT2D eigenvalue weighted by molar-refractivity contribution is -1.00. The Balaban J connectivity index is 1.83. The Morgan fingerprint density at radius 2 is 1.90 bits per heavy atom. The maximum atomic E-state index is 11.8. The van der Waals surface area contributed by atoms with E-state index in [1.54, 1.807) is 9.80 Å². The summed E-state index contributed by atoms with van der Waals surface area (Å²) < 4.78 is 5.84. The molecule has 0 aromatic heterocycles. The number of para-hydroxylation sites is 1. The van der Waals surface area contributed by atoms with E-state index in [-0.39, 0.29) is 5.78 Å². The van der Waals surface area contributed by atoms with Crippen LogP contribution in [0.25, 0.3) is 0 Å². The average molecular weight is 278 g/mol. The van der Waals surface area contributed by atoms with Gasteiger partial charge in [0.1, 0.15) is 45.1 Å². The molecule has 0 radical (unpaired) electrons. The Kier molecular flexibility index (Phi) is 5.56. The minimum Gasteiger partial charge on any atom is -0.487 e. The number of ketones is 1. The Bertz CT molecular complexity index is 440. The van der Waals surface area contributed by atoms with Crippen LogP contribution in [0.15, 0.2) is 24.3 Å². The van der Waals surface area contributed by atoms with Gasteiger partial charge in [-0.3, -0.25) is 4.79 Å². The second kappa shape index (κ2) is 7.41. The van der Waals surface area contributed by atoms with Crippen LogP contribution in [-0.2, 0) is 0 Å². The number of ether oxygens (including phenoxy) is 1. The summed E-state index contributed by atoms with van der Waals surface area (Å²) in [4.78, 5) is 15.1. The smallest absolute Gasteiger partial charge is 0.166 e. The van der Waals surface area contributed by atoms with Gasteiger partial charge in [-0.1, -0.05) is 19.1 Å². The van der Waals surface area contributed by atoms with Crippen molar-refractivity contribution in [2.24, 2.45) is 0 Å². The first-order chi connectivity index (χ1) is 9.70. The van der Waals surface area contributed by atoms with E-state index >= 15 is 0 Å². The molecule has 0 spiro atoms. The second-order valence-electron chi connectivity index (χ2n) is 5.58. The van der Waals surface area contributed by atoms with Crippen LogP contribution in [0, 0.1) is 0 Å². The molecule has 2 rings (SSSR count). The molecule has 4 heteroatoms. The fourth-order valence-corrected chi connectivity index (χ4v) is 2.60. The number of piperazine rings is 1. The summed E-state index contributed by atoms with van der Waals surface area (Å²) in [6.45, 7) is 8.48. The summed E-state index contributed by atoms with van der Waals surface area (Å²) in [5, 5.41) is 0. The molecule has 0 bridgehead atoms. The molecule has 0 amide bonds. The Hall–Kier alpha value is -1.39. The van der Waals surface area contributed by atoms with E-state index in [2.05, 4.69) is 7.05 Å². The van der Waals surface area contributed by atoms with Gasteiger partial charge >= 0.3 is 0 Å². The van der Waals surface area contributed by atoms with E-state index in [1.807, 2.05) is 31.2 Å². The van der Waals surface area contributed by atoms with Crippen LogP contribution >= 0.6 is 0 Å². The predicted octanol–water partition coefficient (Wildman–Crippen LogP) is -0.929. The molecule has 1 aromatic carbocycles. The van der Waals surface area contributed by atoms with Gasteiger partial charge < -0.3 is 14.5 Å². The number of carbonyl (C=O) groups excluding carboxylic acids is 1. The van der Waals surface area contributed by atoms with Crippen molar-refractivity contribution in [3.8, 4) is 5.75 Å². The first-order valence-corrected chi connectivity index (χ1v) is 7.60. The number of rotatable bonds is 6. The highest BCUT2D eigenvalue weighted by Crippen LogP contribution is 2.19. The van der Waals surface area contributed by atoms with Crippen LogP contribution in [-0.4, -0.2) is 52.2 Å². The summed E-state index contributed by atoms with van der Waals surface area (Å²) in [6.07, 6.45) is 0.521. The molecule has 0 aliphatic carbocycles. The highest BCUT2D eigenvalue weighted by Gasteiger charge is 2.19. The van der Waals surface area contributed by atoms with Crippen LogP contribution in [0.4, 0.5) is 0 Å². The molecule has 2 N–H and O–H groups in total. The monoisotopic (exact) mass is 278 g/mol. The van der Waals surface area contributed by atoms with Crippen LogP contribution in [0.5, 0.6) is 5.75 Å². The highest BCUT2D eigenvalue weighted by molar-refractivity contribution is 5.98. The number of carbonyl (C=O) groups is 1. The Morgan fingerprint density at radius 3 is 2.60 bits per heavy atom. The lowest BCUT2D eigenvalue weighted by Crippen LogP contribution is -3.27. The Morgan fingerprint density at radius 1 is 1.20 bits per heavy atom. The molecule has 1 saturated heterocycles.